The van der Waals surface area contributed by atoms with Gasteiger partial charge >= 0.3 is 0 Å². The van der Waals surface area contributed by atoms with Crippen molar-refractivity contribution in [2.24, 2.45) is 5.73 Å². The SMILES string of the molecule is CCN1C=CC=C(c2ccc(-n3cc4cc(F)cc(C(N)=O)c4n3)cc2)C1.I. The Morgan fingerprint density at radius 1 is 1.25 bits per heavy atom. The summed E-state index contributed by atoms with van der Waals surface area (Å²) in [6.07, 6.45) is 7.95. The van der Waals surface area contributed by atoms with Crippen LogP contribution < -0.4 is 5.73 Å². The van der Waals surface area contributed by atoms with Crippen molar-refractivity contribution in [2.75, 3.05) is 13.1 Å². The maximum Gasteiger partial charge on any atom is 0.251 e. The van der Waals surface area contributed by atoms with Crippen molar-refractivity contribution in [1.82, 2.24) is 14.7 Å². The fraction of sp³-hybridized carbons (Fsp3) is 0.143. The average molecular weight is 490 g/mol. The Hall–Kier alpha value is -2.68. The molecule has 0 saturated heterocycles. The summed E-state index contributed by atoms with van der Waals surface area (Å²) in [5.41, 5.74) is 9.04. The number of carbonyl (C=O) groups excluding carboxylic acids is 1. The zero-order valence-electron chi connectivity index (χ0n) is 15.3. The van der Waals surface area contributed by atoms with Crippen LogP contribution in [0.2, 0.25) is 0 Å². The first-order chi connectivity index (χ1) is 13.0. The predicted molar refractivity (Wildman–Crippen MR) is 119 cm³/mol. The highest BCUT2D eigenvalue weighted by Gasteiger charge is 2.14. The van der Waals surface area contributed by atoms with E-state index >= 15 is 0 Å². The van der Waals surface area contributed by atoms with Gasteiger partial charge < -0.3 is 10.6 Å². The monoisotopic (exact) mass is 490 g/mol. The van der Waals surface area contributed by atoms with Crippen molar-refractivity contribution in [3.8, 4) is 5.69 Å². The molecule has 0 unspecified atom stereocenters. The van der Waals surface area contributed by atoms with Crippen LogP contribution in [0.15, 0.2) is 60.9 Å². The normalized spacial score (nSPS) is 13.4. The topological polar surface area (TPSA) is 64.2 Å². The van der Waals surface area contributed by atoms with E-state index in [1.807, 2.05) is 24.3 Å². The number of rotatable bonds is 4. The van der Waals surface area contributed by atoms with E-state index in [1.54, 1.807) is 10.9 Å². The molecule has 0 spiro atoms. The zero-order valence-corrected chi connectivity index (χ0v) is 17.6. The summed E-state index contributed by atoms with van der Waals surface area (Å²) in [6, 6.07) is 10.5. The first-order valence-corrected chi connectivity index (χ1v) is 8.76. The van der Waals surface area contributed by atoms with Crippen molar-refractivity contribution in [3.63, 3.8) is 0 Å². The molecule has 2 N–H and O–H groups in total. The summed E-state index contributed by atoms with van der Waals surface area (Å²) < 4.78 is 15.4. The Bertz CT molecular complexity index is 1090. The number of nitrogens with two attached hydrogens (primary N) is 1. The number of aromatic nitrogens is 2. The first kappa shape index (κ1) is 20.1. The third-order valence-electron chi connectivity index (χ3n) is 4.72. The molecular weight excluding hydrogens is 470 g/mol. The van der Waals surface area contributed by atoms with Crippen molar-refractivity contribution in [1.29, 1.82) is 0 Å². The van der Waals surface area contributed by atoms with E-state index in [9.17, 15) is 9.18 Å². The number of carbonyl (C=O) groups is 1. The molecule has 1 amide bonds. The molecule has 3 aromatic rings. The number of hydrogen-bond acceptors (Lipinski definition) is 3. The van der Waals surface area contributed by atoms with Gasteiger partial charge in [0.05, 0.1) is 11.3 Å². The largest absolute Gasteiger partial charge is 0.373 e. The van der Waals surface area contributed by atoms with Crippen LogP contribution in [0.25, 0.3) is 22.2 Å². The molecule has 7 heteroatoms. The summed E-state index contributed by atoms with van der Waals surface area (Å²) in [6.45, 7) is 3.96. The Morgan fingerprint density at radius 2 is 2.00 bits per heavy atom. The number of allylic oxidation sites excluding steroid dienone is 2. The lowest BCUT2D eigenvalue weighted by Crippen LogP contribution is -2.20. The molecule has 0 bridgehead atoms. The van der Waals surface area contributed by atoms with Crippen molar-refractivity contribution in [2.45, 2.75) is 6.92 Å². The lowest BCUT2D eigenvalue weighted by atomic mass is 10.0. The third kappa shape index (κ3) is 3.80. The van der Waals surface area contributed by atoms with Gasteiger partial charge in [-0.1, -0.05) is 18.2 Å². The van der Waals surface area contributed by atoms with Gasteiger partial charge in [-0.15, -0.1) is 24.0 Å². The predicted octanol–water partition coefficient (Wildman–Crippen LogP) is 4.11. The van der Waals surface area contributed by atoms with Gasteiger partial charge in [-0.05, 0) is 54.6 Å². The van der Waals surface area contributed by atoms with Crippen LogP contribution in [0, 0.1) is 5.82 Å². The molecule has 2 heterocycles. The number of amides is 1. The second-order valence-corrected chi connectivity index (χ2v) is 6.47. The number of hydrogen-bond donors (Lipinski definition) is 1. The molecule has 5 nitrogen and oxygen atoms in total. The third-order valence-corrected chi connectivity index (χ3v) is 4.72. The summed E-state index contributed by atoms with van der Waals surface area (Å²) in [4.78, 5) is 13.8. The van der Waals surface area contributed by atoms with E-state index in [2.05, 4.69) is 35.3 Å². The molecule has 1 aromatic heterocycles. The van der Waals surface area contributed by atoms with E-state index in [-0.39, 0.29) is 29.5 Å². The van der Waals surface area contributed by atoms with Gasteiger partial charge in [-0.25, -0.2) is 9.07 Å². The zero-order chi connectivity index (χ0) is 19.0. The van der Waals surface area contributed by atoms with Crippen LogP contribution in [-0.2, 0) is 0 Å². The van der Waals surface area contributed by atoms with E-state index in [0.717, 1.165) is 30.4 Å². The molecule has 0 aliphatic carbocycles. The van der Waals surface area contributed by atoms with Gasteiger partial charge in [-0.2, -0.15) is 5.10 Å². The second kappa shape index (κ2) is 8.14. The summed E-state index contributed by atoms with van der Waals surface area (Å²) in [5.74, 6) is -1.21. The van der Waals surface area contributed by atoms with Crippen LogP contribution in [0.4, 0.5) is 4.39 Å². The Morgan fingerprint density at radius 3 is 2.68 bits per heavy atom. The van der Waals surface area contributed by atoms with E-state index in [4.69, 9.17) is 5.73 Å². The fourth-order valence-electron chi connectivity index (χ4n) is 3.26. The minimum Gasteiger partial charge on any atom is -0.373 e. The molecule has 1 aliphatic rings. The number of nitrogens with zero attached hydrogens (tertiary/aromatic N) is 3. The smallest absolute Gasteiger partial charge is 0.251 e. The lowest BCUT2D eigenvalue weighted by molar-refractivity contribution is 0.100. The number of fused-ring (bicyclic) bond motifs is 1. The molecule has 0 saturated carbocycles. The van der Waals surface area contributed by atoms with Crippen LogP contribution in [0.5, 0.6) is 0 Å². The molecule has 4 rings (SSSR count). The second-order valence-electron chi connectivity index (χ2n) is 6.47. The molecule has 28 heavy (non-hydrogen) atoms. The number of likely N-dealkylation sites (N-methyl/N-ethyl adjacent to an activating group) is 1. The minimum atomic E-state index is -0.696. The Kier molecular flexibility index (Phi) is 5.83. The number of benzene rings is 2. The van der Waals surface area contributed by atoms with Crippen LogP contribution in [-0.4, -0.2) is 33.7 Å². The van der Waals surface area contributed by atoms with Crippen LogP contribution >= 0.6 is 24.0 Å². The standard InChI is InChI=1S/C21H19FN4O.HI/c1-2-25-9-3-4-15(12-25)14-5-7-18(8-6-14)26-13-16-10-17(22)11-19(21(23)27)20(16)24-26;/h3-11,13H,2,12H2,1H3,(H2,23,27);1H. The molecular formula is C21H20FIN4O. The average Bonchev–Trinajstić information content (AvgIpc) is 3.11. The quantitative estimate of drug-likeness (QED) is 0.560. The van der Waals surface area contributed by atoms with Gasteiger partial charge in [0, 0.05) is 24.7 Å². The maximum absolute atomic E-state index is 13.7. The van der Waals surface area contributed by atoms with Gasteiger partial charge in [-0.3, -0.25) is 4.79 Å². The first-order valence-electron chi connectivity index (χ1n) is 8.76. The fourth-order valence-corrected chi connectivity index (χ4v) is 3.26. The van der Waals surface area contributed by atoms with Crippen molar-refractivity contribution >= 4 is 46.4 Å². The van der Waals surface area contributed by atoms with E-state index in [0.29, 0.717) is 10.9 Å². The van der Waals surface area contributed by atoms with Crippen LogP contribution in [0.3, 0.4) is 0 Å². The Labute approximate surface area is 179 Å². The van der Waals surface area contributed by atoms with Crippen molar-refractivity contribution in [3.05, 3.63) is 77.9 Å². The number of primary amides is 1. The summed E-state index contributed by atoms with van der Waals surface area (Å²) >= 11 is 0. The van der Waals surface area contributed by atoms with Crippen LogP contribution in [0.1, 0.15) is 22.8 Å². The van der Waals surface area contributed by atoms with Gasteiger partial charge in [0.2, 0.25) is 0 Å². The summed E-state index contributed by atoms with van der Waals surface area (Å²) in [7, 11) is 0. The molecule has 0 atom stereocenters. The van der Waals surface area contributed by atoms with Gasteiger partial charge in [0.1, 0.15) is 11.3 Å². The van der Waals surface area contributed by atoms with E-state index < -0.39 is 11.7 Å². The van der Waals surface area contributed by atoms with Crippen molar-refractivity contribution < 1.29 is 9.18 Å². The highest BCUT2D eigenvalue weighted by Crippen LogP contribution is 2.24. The van der Waals surface area contributed by atoms with E-state index in [1.165, 1.54) is 11.6 Å². The highest BCUT2D eigenvalue weighted by atomic mass is 127. The summed E-state index contributed by atoms with van der Waals surface area (Å²) in [5, 5.41) is 4.96. The maximum atomic E-state index is 13.7. The molecule has 0 fully saturated rings. The Balaban J connectivity index is 0.00000225. The number of halogens is 2. The highest BCUT2D eigenvalue weighted by molar-refractivity contribution is 14.0. The molecule has 2 aromatic carbocycles. The molecule has 144 valence electrons. The molecule has 1 aliphatic heterocycles. The minimum absolute atomic E-state index is 0. The van der Waals surface area contributed by atoms with Gasteiger partial charge in [0.25, 0.3) is 5.91 Å². The molecule has 0 radical (unpaired) electrons. The van der Waals surface area contributed by atoms with Gasteiger partial charge in [0.15, 0.2) is 0 Å². The lowest BCUT2D eigenvalue weighted by Gasteiger charge is -2.23.